The molecule has 0 saturated carbocycles. The largest absolute Gasteiger partial charge is 0.370 e. The number of benzene rings is 2. The van der Waals surface area contributed by atoms with Crippen molar-refractivity contribution in [3.63, 3.8) is 0 Å². The van der Waals surface area contributed by atoms with E-state index in [-0.39, 0.29) is 48.0 Å². The van der Waals surface area contributed by atoms with Gasteiger partial charge in [-0.15, -0.1) is 24.8 Å². The lowest BCUT2D eigenvalue weighted by Gasteiger charge is -2.16. The minimum Gasteiger partial charge on any atom is -0.370 e. The highest BCUT2D eigenvalue weighted by atomic mass is 35.5. The summed E-state index contributed by atoms with van der Waals surface area (Å²) in [6.45, 7) is 1.12. The predicted octanol–water partition coefficient (Wildman–Crippen LogP) is 1.94. The van der Waals surface area contributed by atoms with Crippen LogP contribution in [-0.4, -0.2) is 41.3 Å². The molecule has 9 nitrogen and oxygen atoms in total. The van der Waals surface area contributed by atoms with E-state index in [4.69, 9.17) is 17.2 Å². The number of ketones is 1. The Morgan fingerprint density at radius 2 is 1.58 bits per heavy atom. The monoisotopic (exact) mass is 532 g/mol. The van der Waals surface area contributed by atoms with Gasteiger partial charge in [0.2, 0.25) is 5.91 Å². The number of guanidine groups is 1. The van der Waals surface area contributed by atoms with Crippen molar-refractivity contribution in [3.05, 3.63) is 70.0 Å². The summed E-state index contributed by atoms with van der Waals surface area (Å²) in [5.41, 5.74) is 18.9. The van der Waals surface area contributed by atoms with Crippen LogP contribution in [0.25, 0.3) is 22.0 Å². The van der Waals surface area contributed by atoms with Crippen LogP contribution in [0.4, 0.5) is 0 Å². The van der Waals surface area contributed by atoms with Gasteiger partial charge in [0.25, 0.3) is 5.56 Å². The Balaban J connectivity index is 0.00000228. The molecule has 4 rings (SSSR count). The van der Waals surface area contributed by atoms with Crippen LogP contribution >= 0.6 is 24.8 Å². The first-order chi connectivity index (χ1) is 16.4. The quantitative estimate of drug-likeness (QED) is 0.146. The van der Waals surface area contributed by atoms with Gasteiger partial charge in [0, 0.05) is 41.5 Å². The molecule has 0 saturated heterocycles. The van der Waals surface area contributed by atoms with Gasteiger partial charge in [-0.05, 0) is 25.3 Å². The predicted molar refractivity (Wildman–Crippen MR) is 147 cm³/mol. The molecule has 1 heterocycles. The molecule has 0 aliphatic heterocycles. The second-order valence-electron chi connectivity index (χ2n) is 8.30. The summed E-state index contributed by atoms with van der Waals surface area (Å²) >= 11 is 0. The van der Waals surface area contributed by atoms with Gasteiger partial charge in [-0.3, -0.25) is 19.4 Å². The summed E-state index contributed by atoms with van der Waals surface area (Å²) in [6, 6.07) is 13.9. The molecule has 1 amide bonds. The molecule has 36 heavy (non-hydrogen) atoms. The average molecular weight is 533 g/mol. The number of fused-ring (bicyclic) bond motifs is 5. The van der Waals surface area contributed by atoms with E-state index in [2.05, 4.69) is 10.3 Å². The van der Waals surface area contributed by atoms with Crippen molar-refractivity contribution in [1.29, 1.82) is 0 Å². The second-order valence-corrected chi connectivity index (χ2v) is 8.30. The Labute approximate surface area is 220 Å². The SMILES string of the molecule is Cl.Cl.NC(N)=NCCCC(N)C(=O)NCCCn1c2c(c3ccccc3c1=O)C(=O)c1ccccc1-2. The average Bonchev–Trinajstić information content (AvgIpc) is 3.13. The summed E-state index contributed by atoms with van der Waals surface area (Å²) in [5.74, 6) is -0.324. The van der Waals surface area contributed by atoms with E-state index in [1.807, 2.05) is 30.3 Å². The number of halogens is 2. The molecule has 2 aromatic carbocycles. The van der Waals surface area contributed by atoms with E-state index >= 15 is 0 Å². The summed E-state index contributed by atoms with van der Waals surface area (Å²) in [4.78, 5) is 42.7. The standard InChI is InChI=1S/C25H28N6O3.2ClH/c26-19(11-5-12-30-25(27)28)23(33)29-13-6-14-31-21-16-8-2-3-9-17(16)22(32)20(21)15-7-1-4-10-18(15)24(31)34;;/h1-4,7-10,19H,5-6,11-14,26H2,(H,29,33)(H4,27,28,30);2*1H. The summed E-state index contributed by atoms with van der Waals surface area (Å²) in [7, 11) is 0. The molecule has 0 radical (unpaired) electrons. The smallest absolute Gasteiger partial charge is 0.258 e. The normalized spacial score (nSPS) is 12.1. The summed E-state index contributed by atoms with van der Waals surface area (Å²) < 4.78 is 1.66. The molecular weight excluding hydrogens is 503 g/mol. The molecule has 0 spiro atoms. The van der Waals surface area contributed by atoms with Crippen LogP contribution in [0.2, 0.25) is 0 Å². The topological polar surface area (TPSA) is 159 Å². The Morgan fingerprint density at radius 3 is 2.28 bits per heavy atom. The van der Waals surface area contributed by atoms with Crippen molar-refractivity contribution in [2.75, 3.05) is 13.1 Å². The van der Waals surface area contributed by atoms with Crippen molar-refractivity contribution in [2.24, 2.45) is 22.2 Å². The van der Waals surface area contributed by atoms with Crippen molar-refractivity contribution in [3.8, 4) is 11.3 Å². The van der Waals surface area contributed by atoms with Crippen LogP contribution in [0.15, 0.2) is 58.3 Å². The number of hydrogen-bond donors (Lipinski definition) is 4. The van der Waals surface area contributed by atoms with Gasteiger partial charge in [-0.1, -0.05) is 42.5 Å². The number of carbonyl (C=O) groups is 2. The van der Waals surface area contributed by atoms with Gasteiger partial charge < -0.3 is 27.1 Å². The zero-order chi connectivity index (χ0) is 24.2. The fourth-order valence-electron chi connectivity index (χ4n) is 4.37. The van der Waals surface area contributed by atoms with Crippen molar-refractivity contribution >= 4 is 53.2 Å². The number of nitrogens with one attached hydrogen (secondary N) is 1. The lowest BCUT2D eigenvalue weighted by Crippen LogP contribution is -2.41. The third-order valence-electron chi connectivity index (χ3n) is 5.99. The summed E-state index contributed by atoms with van der Waals surface area (Å²) in [6.07, 6.45) is 1.56. The van der Waals surface area contributed by atoms with Gasteiger partial charge in [-0.25, -0.2) is 0 Å². The van der Waals surface area contributed by atoms with Crippen LogP contribution < -0.4 is 28.1 Å². The zero-order valence-electron chi connectivity index (χ0n) is 19.6. The molecular formula is C25H30Cl2N6O3. The number of rotatable bonds is 9. The first-order valence-corrected chi connectivity index (χ1v) is 11.3. The molecule has 1 aliphatic rings. The maximum Gasteiger partial charge on any atom is 0.258 e. The van der Waals surface area contributed by atoms with Crippen LogP contribution in [0, 0.1) is 0 Å². The molecule has 1 aliphatic carbocycles. The fraction of sp³-hybridized carbons (Fsp3) is 0.280. The van der Waals surface area contributed by atoms with E-state index < -0.39 is 6.04 Å². The lowest BCUT2D eigenvalue weighted by molar-refractivity contribution is -0.122. The van der Waals surface area contributed by atoms with E-state index in [1.54, 1.807) is 22.8 Å². The van der Waals surface area contributed by atoms with Gasteiger partial charge in [0.15, 0.2) is 11.7 Å². The third-order valence-corrected chi connectivity index (χ3v) is 5.99. The Bertz CT molecular complexity index is 1350. The third kappa shape index (κ3) is 5.70. The van der Waals surface area contributed by atoms with E-state index in [9.17, 15) is 14.4 Å². The lowest BCUT2D eigenvalue weighted by atomic mass is 10.0. The molecule has 1 unspecified atom stereocenters. The first kappa shape index (κ1) is 28.8. The molecule has 3 aromatic rings. The van der Waals surface area contributed by atoms with E-state index in [0.717, 1.165) is 5.56 Å². The summed E-state index contributed by atoms with van der Waals surface area (Å²) in [5, 5.41) is 4.00. The molecule has 7 N–H and O–H groups in total. The second kappa shape index (κ2) is 12.5. The molecule has 11 heteroatoms. The first-order valence-electron chi connectivity index (χ1n) is 11.3. The Morgan fingerprint density at radius 1 is 0.944 bits per heavy atom. The minimum absolute atomic E-state index is 0. The Kier molecular flexibility index (Phi) is 10.0. The molecule has 0 fully saturated rings. The maximum atomic E-state index is 13.4. The highest BCUT2D eigenvalue weighted by molar-refractivity contribution is 6.26. The minimum atomic E-state index is -0.661. The number of carbonyl (C=O) groups excluding carboxylic acids is 2. The van der Waals surface area contributed by atoms with Gasteiger partial charge >= 0.3 is 0 Å². The molecule has 192 valence electrons. The maximum absolute atomic E-state index is 13.4. The number of pyridine rings is 1. The number of hydrogen-bond acceptors (Lipinski definition) is 5. The van der Waals surface area contributed by atoms with Crippen LogP contribution in [0.3, 0.4) is 0 Å². The van der Waals surface area contributed by atoms with Gasteiger partial charge in [0.1, 0.15) is 0 Å². The molecule has 0 bridgehead atoms. The van der Waals surface area contributed by atoms with Crippen molar-refractivity contribution in [1.82, 2.24) is 9.88 Å². The number of amides is 1. The highest BCUT2D eigenvalue weighted by Gasteiger charge is 2.32. The highest BCUT2D eigenvalue weighted by Crippen LogP contribution is 2.39. The van der Waals surface area contributed by atoms with Gasteiger partial charge in [-0.2, -0.15) is 0 Å². The van der Waals surface area contributed by atoms with E-state index in [1.165, 1.54) is 0 Å². The van der Waals surface area contributed by atoms with Crippen LogP contribution in [0.5, 0.6) is 0 Å². The van der Waals surface area contributed by atoms with E-state index in [0.29, 0.717) is 66.5 Å². The van der Waals surface area contributed by atoms with Crippen LogP contribution in [-0.2, 0) is 11.3 Å². The van der Waals surface area contributed by atoms with Crippen LogP contribution in [0.1, 0.15) is 35.2 Å². The van der Waals surface area contributed by atoms with Crippen molar-refractivity contribution in [2.45, 2.75) is 31.8 Å². The molecule has 1 aromatic heterocycles. The van der Waals surface area contributed by atoms with Crippen molar-refractivity contribution < 1.29 is 9.59 Å². The Hall–Kier alpha value is -3.40. The molecule has 1 atom stereocenters. The fourth-order valence-corrected chi connectivity index (χ4v) is 4.37. The zero-order valence-corrected chi connectivity index (χ0v) is 21.2. The number of aliphatic imine (C=N–C) groups is 1. The number of aromatic nitrogens is 1. The number of nitrogens with zero attached hydrogens (tertiary/aromatic N) is 2. The number of nitrogens with two attached hydrogens (primary N) is 3. The van der Waals surface area contributed by atoms with Gasteiger partial charge in [0.05, 0.1) is 17.3 Å².